The van der Waals surface area contributed by atoms with Gasteiger partial charge in [-0.2, -0.15) is 0 Å². The van der Waals surface area contributed by atoms with E-state index < -0.39 is 28.8 Å². The molecule has 8 heteroatoms. The topological polar surface area (TPSA) is 0 Å². The van der Waals surface area contributed by atoms with E-state index in [1.807, 2.05) is 0 Å². The van der Waals surface area contributed by atoms with Crippen LogP contribution in [0.15, 0.2) is 91.0 Å². The summed E-state index contributed by atoms with van der Waals surface area (Å²) < 4.78 is 49.7. The average Bonchev–Trinajstić information content (AvgIpc) is 2.86. The van der Waals surface area contributed by atoms with Crippen LogP contribution in [0.5, 0.6) is 0 Å². The third kappa shape index (κ3) is 5.39. The molecule has 0 aromatic heterocycles. The number of benzene rings is 4. The van der Waals surface area contributed by atoms with Crippen molar-refractivity contribution in [1.29, 1.82) is 0 Å². The molecule has 0 aliphatic carbocycles. The minimum atomic E-state index is -1.77. The molecular weight excluding hydrogens is 728 g/mol. The molecular formula is C24H15F4I2PSe. The quantitative estimate of drug-likeness (QED) is 0.0561. The maximum absolute atomic E-state index is 12.6. The van der Waals surface area contributed by atoms with Gasteiger partial charge in [0.1, 0.15) is 0 Å². The van der Waals surface area contributed by atoms with Gasteiger partial charge in [0.2, 0.25) is 0 Å². The van der Waals surface area contributed by atoms with Gasteiger partial charge in [-0.3, -0.25) is 0 Å². The fraction of sp³-hybridized carbons (Fsp3) is 0. The van der Waals surface area contributed by atoms with Crippen LogP contribution < -0.4 is 15.9 Å². The molecule has 0 nitrogen and oxygen atoms in total. The first-order valence-corrected chi connectivity index (χ1v) is 15.4. The van der Waals surface area contributed by atoms with Crippen LogP contribution in [0.25, 0.3) is 0 Å². The van der Waals surface area contributed by atoms with E-state index in [0.29, 0.717) is 0 Å². The Bertz CT molecular complexity index is 1050. The van der Waals surface area contributed by atoms with Crippen molar-refractivity contribution in [2.24, 2.45) is 0 Å². The van der Waals surface area contributed by atoms with Crippen molar-refractivity contribution in [3.8, 4) is 0 Å². The Kier molecular flexibility index (Phi) is 9.15. The molecule has 0 heterocycles. The van der Waals surface area contributed by atoms with Gasteiger partial charge in [-0.05, 0) is 45.2 Å². The molecule has 0 saturated heterocycles. The third-order valence-corrected chi connectivity index (χ3v) is 14.6. The summed E-state index contributed by atoms with van der Waals surface area (Å²) in [5, 5.41) is 4.12. The van der Waals surface area contributed by atoms with Gasteiger partial charge < -0.3 is 0 Å². The van der Waals surface area contributed by atoms with Crippen molar-refractivity contribution in [2.45, 2.75) is 0 Å². The molecule has 0 N–H and O–H groups in total. The van der Waals surface area contributed by atoms with Crippen LogP contribution in [0, 0.1) is 30.4 Å². The number of hydrogen-bond acceptors (Lipinski definition) is 0. The molecule has 0 fully saturated rings. The average molecular weight is 743 g/mol. The number of rotatable bonds is 3. The van der Waals surface area contributed by atoms with Crippen molar-refractivity contribution in [3.05, 3.63) is 121 Å². The molecule has 0 aliphatic heterocycles. The Hall–Kier alpha value is -0.991. The fourth-order valence-electron chi connectivity index (χ4n) is 2.94. The van der Waals surface area contributed by atoms with Gasteiger partial charge in [0.25, 0.3) is 0 Å². The second-order valence-electron chi connectivity index (χ2n) is 6.50. The SMILES string of the molecule is Fc1c(F)c(F)c(I)c(I)c1F.[Se]=P(c1ccccc1)(c1ccccc1)c1ccccc1. The van der Waals surface area contributed by atoms with Crippen LogP contribution >= 0.6 is 50.7 Å². The molecule has 0 spiro atoms. The van der Waals surface area contributed by atoms with Crippen LogP contribution in [0.2, 0.25) is 0 Å². The van der Waals surface area contributed by atoms with Crippen molar-refractivity contribution in [2.75, 3.05) is 0 Å². The van der Waals surface area contributed by atoms with E-state index in [1.54, 1.807) is 0 Å². The Morgan fingerprint density at radius 1 is 0.469 bits per heavy atom. The fourth-order valence-corrected chi connectivity index (χ4v) is 8.85. The Morgan fingerprint density at radius 2 is 0.719 bits per heavy atom. The summed E-state index contributed by atoms with van der Waals surface area (Å²) in [5.74, 6) is -6.23. The normalized spacial score (nSPS) is 10.9. The molecule has 164 valence electrons. The van der Waals surface area contributed by atoms with E-state index in [-0.39, 0.29) is 7.14 Å². The van der Waals surface area contributed by atoms with Gasteiger partial charge in [0, 0.05) is 0 Å². The Morgan fingerprint density at radius 3 is 0.969 bits per heavy atom. The van der Waals surface area contributed by atoms with Crippen molar-refractivity contribution < 1.29 is 17.6 Å². The van der Waals surface area contributed by atoms with Crippen LogP contribution in [0.1, 0.15) is 0 Å². The minimum absolute atomic E-state index is 0.246. The molecule has 0 unspecified atom stereocenters. The molecule has 0 atom stereocenters. The molecule has 32 heavy (non-hydrogen) atoms. The zero-order chi connectivity index (χ0) is 23.3. The van der Waals surface area contributed by atoms with Gasteiger partial charge >= 0.3 is 128 Å². The Balaban J connectivity index is 0.000000207. The molecule has 0 aliphatic rings. The van der Waals surface area contributed by atoms with Gasteiger partial charge in [-0.1, -0.05) is 0 Å². The van der Waals surface area contributed by atoms with Crippen LogP contribution in [-0.2, 0) is 0 Å². The number of halogens is 6. The first-order valence-electron chi connectivity index (χ1n) is 9.22. The summed E-state index contributed by atoms with van der Waals surface area (Å²) in [5.41, 5.74) is -1.65. The van der Waals surface area contributed by atoms with E-state index in [2.05, 4.69) is 106 Å². The van der Waals surface area contributed by atoms with Crippen LogP contribution in [-0.4, -0.2) is 15.1 Å². The first kappa shape index (κ1) is 25.6. The van der Waals surface area contributed by atoms with E-state index in [4.69, 9.17) is 0 Å². The van der Waals surface area contributed by atoms with Crippen molar-refractivity contribution in [1.82, 2.24) is 0 Å². The van der Waals surface area contributed by atoms with E-state index in [9.17, 15) is 17.6 Å². The molecule has 0 amide bonds. The van der Waals surface area contributed by atoms with E-state index >= 15 is 0 Å². The predicted molar refractivity (Wildman–Crippen MR) is 143 cm³/mol. The molecule has 0 radical (unpaired) electrons. The summed E-state index contributed by atoms with van der Waals surface area (Å²) in [6, 6.07) is 32.3. The molecule has 4 rings (SSSR count). The molecule has 0 bridgehead atoms. The summed E-state index contributed by atoms with van der Waals surface area (Å²) in [6.07, 6.45) is 0. The number of hydrogen-bond donors (Lipinski definition) is 0. The van der Waals surface area contributed by atoms with Crippen molar-refractivity contribution >= 4 is 81.7 Å². The van der Waals surface area contributed by atoms with Gasteiger partial charge in [-0.25, -0.2) is 17.6 Å². The molecule has 0 saturated carbocycles. The standard InChI is InChI=1S/C18H15PSe.C6F4I2/c20-19(16-10-4-1-5-11-16,17-12-6-2-7-13-17)18-14-8-3-9-15-18;7-1-2(8)4(10)6(12)5(11)3(1)9/h1-15H;. The summed E-state index contributed by atoms with van der Waals surface area (Å²) in [6.45, 7) is 0. The van der Waals surface area contributed by atoms with Gasteiger partial charge in [0.15, 0.2) is 23.3 Å². The second kappa shape index (κ2) is 11.4. The first-order chi connectivity index (χ1) is 15.3. The van der Waals surface area contributed by atoms with Crippen LogP contribution in [0.3, 0.4) is 0 Å². The van der Waals surface area contributed by atoms with E-state index in [1.165, 1.54) is 61.1 Å². The monoisotopic (exact) mass is 744 g/mol. The summed E-state index contributed by atoms with van der Waals surface area (Å²) in [4.78, 5) is 0. The summed E-state index contributed by atoms with van der Waals surface area (Å²) >= 11 is 6.37. The van der Waals surface area contributed by atoms with Gasteiger partial charge in [-0.15, -0.1) is 0 Å². The zero-order valence-corrected chi connectivity index (χ0v) is 23.2. The van der Waals surface area contributed by atoms with Crippen molar-refractivity contribution in [3.63, 3.8) is 0 Å². The molecule has 4 aromatic carbocycles. The predicted octanol–water partition coefficient (Wildman–Crippen LogP) is 6.52. The van der Waals surface area contributed by atoms with Crippen LogP contribution in [0.4, 0.5) is 17.6 Å². The van der Waals surface area contributed by atoms with E-state index in [0.717, 1.165) is 0 Å². The zero-order valence-electron chi connectivity index (χ0n) is 16.3. The summed E-state index contributed by atoms with van der Waals surface area (Å²) in [7, 11) is 0. The Labute approximate surface area is 219 Å². The van der Waals surface area contributed by atoms with Gasteiger partial charge in [0.05, 0.1) is 7.14 Å². The second-order valence-corrected chi connectivity index (χ2v) is 14.9. The molecule has 4 aromatic rings. The third-order valence-electron chi connectivity index (χ3n) is 4.52. The maximum atomic E-state index is 12.6.